The molecule has 3 nitrogen and oxygen atoms in total. The minimum Gasteiger partial charge on any atom is -0.497 e. The molecule has 0 bridgehead atoms. The molecule has 19 heavy (non-hydrogen) atoms. The minimum absolute atomic E-state index is 0.428. The van der Waals surface area contributed by atoms with Gasteiger partial charge in [0, 0.05) is 10.0 Å². The second kappa shape index (κ2) is 6.38. The summed E-state index contributed by atoms with van der Waals surface area (Å²) in [5, 5.41) is 0. The van der Waals surface area contributed by atoms with E-state index in [0.29, 0.717) is 17.9 Å². The number of rotatable bonds is 5. The number of aldehydes is 1. The summed E-state index contributed by atoms with van der Waals surface area (Å²) >= 11 is 3.30. The van der Waals surface area contributed by atoms with Crippen LogP contribution in [0.2, 0.25) is 0 Å². The normalized spacial score (nSPS) is 10.0. The Morgan fingerprint density at radius 2 is 2.00 bits per heavy atom. The second-order valence-corrected chi connectivity index (χ2v) is 4.80. The highest BCUT2D eigenvalue weighted by molar-refractivity contribution is 9.10. The highest BCUT2D eigenvalue weighted by Crippen LogP contribution is 2.22. The van der Waals surface area contributed by atoms with Gasteiger partial charge in [0.25, 0.3) is 0 Å². The number of hydrogen-bond acceptors (Lipinski definition) is 3. The van der Waals surface area contributed by atoms with E-state index in [9.17, 15) is 4.79 Å². The third kappa shape index (κ3) is 3.58. The lowest BCUT2D eigenvalue weighted by molar-refractivity contribution is 0.112. The fourth-order valence-electron chi connectivity index (χ4n) is 1.63. The molecule has 98 valence electrons. The molecule has 0 aliphatic heterocycles. The van der Waals surface area contributed by atoms with Crippen LogP contribution in [0.1, 0.15) is 15.9 Å². The summed E-state index contributed by atoms with van der Waals surface area (Å²) in [6.45, 7) is 0.428. The molecule has 0 radical (unpaired) electrons. The maximum absolute atomic E-state index is 10.8. The molecule has 4 heteroatoms. The number of hydrogen-bond donors (Lipinski definition) is 0. The number of carbonyl (C=O) groups is 1. The summed E-state index contributed by atoms with van der Waals surface area (Å²) in [5.74, 6) is 1.46. The molecule has 0 saturated heterocycles. The molecular weight excluding hydrogens is 308 g/mol. The second-order valence-electron chi connectivity index (χ2n) is 3.94. The first-order valence-corrected chi connectivity index (χ1v) is 6.52. The Morgan fingerprint density at radius 1 is 1.16 bits per heavy atom. The standard InChI is InChI=1S/C15H13BrO3/c1-18-13-4-2-3-11(7-13)10-19-14-5-6-15(16)12(8-14)9-17/h2-9H,10H2,1H3. The first-order chi connectivity index (χ1) is 9.22. The molecule has 2 aromatic rings. The van der Waals surface area contributed by atoms with Crippen LogP contribution in [0.15, 0.2) is 46.9 Å². The molecule has 0 N–H and O–H groups in total. The Bertz CT molecular complexity index is 581. The van der Waals surface area contributed by atoms with Crippen molar-refractivity contribution in [1.29, 1.82) is 0 Å². The van der Waals surface area contributed by atoms with Crippen LogP contribution in [-0.4, -0.2) is 13.4 Å². The fraction of sp³-hybridized carbons (Fsp3) is 0.133. The van der Waals surface area contributed by atoms with Crippen LogP contribution >= 0.6 is 15.9 Å². The van der Waals surface area contributed by atoms with Gasteiger partial charge in [-0.05, 0) is 35.9 Å². The third-order valence-corrected chi connectivity index (χ3v) is 3.36. The minimum atomic E-state index is 0.428. The van der Waals surface area contributed by atoms with Crippen LogP contribution in [0.3, 0.4) is 0 Å². The Morgan fingerprint density at radius 3 is 2.74 bits per heavy atom. The number of methoxy groups -OCH3 is 1. The van der Waals surface area contributed by atoms with Crippen LogP contribution in [0, 0.1) is 0 Å². The lowest BCUT2D eigenvalue weighted by Crippen LogP contribution is -1.96. The predicted molar refractivity (Wildman–Crippen MR) is 76.9 cm³/mol. The fourth-order valence-corrected chi connectivity index (χ4v) is 1.97. The van der Waals surface area contributed by atoms with Gasteiger partial charge in [-0.25, -0.2) is 0 Å². The third-order valence-electron chi connectivity index (χ3n) is 2.63. The SMILES string of the molecule is COc1cccc(COc2ccc(Br)c(C=O)c2)c1. The van der Waals surface area contributed by atoms with Gasteiger partial charge in [-0.3, -0.25) is 4.79 Å². The van der Waals surface area contributed by atoms with Crippen molar-refractivity contribution < 1.29 is 14.3 Å². The van der Waals surface area contributed by atoms with E-state index in [-0.39, 0.29) is 0 Å². The van der Waals surface area contributed by atoms with Crippen LogP contribution in [0.25, 0.3) is 0 Å². The molecule has 0 amide bonds. The predicted octanol–water partition coefficient (Wildman–Crippen LogP) is 3.85. The van der Waals surface area contributed by atoms with Crippen molar-refractivity contribution in [3.63, 3.8) is 0 Å². The van der Waals surface area contributed by atoms with Crippen LogP contribution in [-0.2, 0) is 6.61 Å². The van der Waals surface area contributed by atoms with Crippen molar-refractivity contribution in [2.45, 2.75) is 6.61 Å². The van der Waals surface area contributed by atoms with Gasteiger partial charge in [0.15, 0.2) is 6.29 Å². The largest absolute Gasteiger partial charge is 0.497 e. The summed E-state index contributed by atoms with van der Waals surface area (Å²) < 4.78 is 11.6. The van der Waals surface area contributed by atoms with Crippen molar-refractivity contribution in [2.24, 2.45) is 0 Å². The Balaban J connectivity index is 2.07. The van der Waals surface area contributed by atoms with Gasteiger partial charge >= 0.3 is 0 Å². The van der Waals surface area contributed by atoms with Gasteiger partial charge in [-0.1, -0.05) is 28.1 Å². The van der Waals surface area contributed by atoms with Gasteiger partial charge < -0.3 is 9.47 Å². The van der Waals surface area contributed by atoms with E-state index >= 15 is 0 Å². The zero-order chi connectivity index (χ0) is 13.7. The zero-order valence-electron chi connectivity index (χ0n) is 10.4. The summed E-state index contributed by atoms with van der Waals surface area (Å²) in [5.41, 5.74) is 1.58. The summed E-state index contributed by atoms with van der Waals surface area (Å²) in [4.78, 5) is 10.8. The van der Waals surface area contributed by atoms with E-state index in [1.54, 1.807) is 19.2 Å². The molecule has 2 aromatic carbocycles. The average molecular weight is 321 g/mol. The average Bonchev–Trinajstić information content (AvgIpc) is 2.46. The lowest BCUT2D eigenvalue weighted by Gasteiger charge is -2.08. The molecule has 0 saturated carbocycles. The van der Waals surface area contributed by atoms with Gasteiger partial charge in [0.2, 0.25) is 0 Å². The van der Waals surface area contributed by atoms with Crippen molar-refractivity contribution in [3.8, 4) is 11.5 Å². The molecule has 2 rings (SSSR count). The quantitative estimate of drug-likeness (QED) is 0.785. The summed E-state index contributed by atoms with van der Waals surface area (Å²) in [6, 6.07) is 13.0. The van der Waals surface area contributed by atoms with Gasteiger partial charge in [0.05, 0.1) is 7.11 Å². The van der Waals surface area contributed by atoms with E-state index in [1.165, 1.54) is 0 Å². The molecule has 0 aromatic heterocycles. The number of benzene rings is 2. The number of carbonyl (C=O) groups excluding carboxylic acids is 1. The first-order valence-electron chi connectivity index (χ1n) is 5.73. The van der Waals surface area contributed by atoms with E-state index < -0.39 is 0 Å². The van der Waals surface area contributed by atoms with Crippen LogP contribution in [0.5, 0.6) is 11.5 Å². The summed E-state index contributed by atoms with van der Waals surface area (Å²) in [7, 11) is 1.63. The van der Waals surface area contributed by atoms with Crippen molar-refractivity contribution in [1.82, 2.24) is 0 Å². The van der Waals surface area contributed by atoms with E-state index in [4.69, 9.17) is 9.47 Å². The van der Waals surface area contributed by atoms with E-state index in [1.807, 2.05) is 30.3 Å². The van der Waals surface area contributed by atoms with Gasteiger partial charge in [0.1, 0.15) is 18.1 Å². The first kappa shape index (κ1) is 13.6. The molecule has 0 heterocycles. The lowest BCUT2D eigenvalue weighted by atomic mass is 10.2. The number of halogens is 1. The molecule has 0 atom stereocenters. The monoisotopic (exact) mass is 320 g/mol. The smallest absolute Gasteiger partial charge is 0.151 e. The number of ether oxygens (including phenoxy) is 2. The van der Waals surface area contributed by atoms with E-state index in [2.05, 4.69) is 15.9 Å². The highest BCUT2D eigenvalue weighted by Gasteiger charge is 2.02. The van der Waals surface area contributed by atoms with Crippen molar-refractivity contribution >= 4 is 22.2 Å². The van der Waals surface area contributed by atoms with Crippen LogP contribution in [0.4, 0.5) is 0 Å². The summed E-state index contributed by atoms with van der Waals surface area (Å²) in [6.07, 6.45) is 0.794. The molecule has 0 unspecified atom stereocenters. The maximum atomic E-state index is 10.8. The zero-order valence-corrected chi connectivity index (χ0v) is 12.0. The van der Waals surface area contributed by atoms with Crippen LogP contribution < -0.4 is 9.47 Å². The van der Waals surface area contributed by atoms with E-state index in [0.717, 1.165) is 22.1 Å². The Hall–Kier alpha value is -1.81. The van der Waals surface area contributed by atoms with Gasteiger partial charge in [-0.2, -0.15) is 0 Å². The molecule has 0 aliphatic rings. The molecule has 0 spiro atoms. The van der Waals surface area contributed by atoms with Crippen molar-refractivity contribution in [3.05, 3.63) is 58.1 Å². The molecule has 0 aliphatic carbocycles. The topological polar surface area (TPSA) is 35.5 Å². The Kier molecular flexibility index (Phi) is 4.58. The highest BCUT2D eigenvalue weighted by atomic mass is 79.9. The molecule has 0 fully saturated rings. The van der Waals surface area contributed by atoms with Gasteiger partial charge in [-0.15, -0.1) is 0 Å². The molecular formula is C15H13BrO3. The van der Waals surface area contributed by atoms with Crippen molar-refractivity contribution in [2.75, 3.05) is 7.11 Å². The maximum Gasteiger partial charge on any atom is 0.151 e. The Labute approximate surface area is 120 Å².